The third-order valence-electron chi connectivity index (χ3n) is 2.66. The van der Waals surface area contributed by atoms with Crippen LogP contribution in [-0.4, -0.2) is 14.9 Å². The van der Waals surface area contributed by atoms with Crippen molar-refractivity contribution < 1.29 is 5.11 Å². The second kappa shape index (κ2) is 2.90. The lowest BCUT2D eigenvalue weighted by atomic mass is 9.79. The molecule has 1 aliphatic carbocycles. The topological polar surface area (TPSA) is 38.0 Å². The Bertz CT molecular complexity index is 265. The molecule has 0 saturated heterocycles. The van der Waals surface area contributed by atoms with E-state index in [9.17, 15) is 5.11 Å². The summed E-state index contributed by atoms with van der Waals surface area (Å²) in [6, 6.07) is 0. The first-order chi connectivity index (χ1) is 5.77. The maximum absolute atomic E-state index is 9.80. The van der Waals surface area contributed by atoms with E-state index in [0.717, 1.165) is 18.4 Å². The molecule has 2 rings (SSSR count). The van der Waals surface area contributed by atoms with E-state index in [0.29, 0.717) is 5.92 Å². The van der Waals surface area contributed by atoms with Crippen LogP contribution in [-0.2, 0) is 7.05 Å². The van der Waals surface area contributed by atoms with Gasteiger partial charge in [-0.1, -0.05) is 6.42 Å². The number of aliphatic hydroxyl groups excluding tert-OH is 1. The van der Waals surface area contributed by atoms with Crippen molar-refractivity contribution in [1.82, 2.24) is 9.78 Å². The number of hydrogen-bond donors (Lipinski definition) is 1. The van der Waals surface area contributed by atoms with E-state index in [2.05, 4.69) is 5.10 Å². The minimum atomic E-state index is -0.285. The van der Waals surface area contributed by atoms with Crippen molar-refractivity contribution in [2.75, 3.05) is 0 Å². The Morgan fingerprint density at radius 2 is 2.42 bits per heavy atom. The molecule has 0 aromatic carbocycles. The predicted molar refractivity (Wildman–Crippen MR) is 45.5 cm³/mol. The fourth-order valence-electron chi connectivity index (χ4n) is 1.62. The number of aryl methyl sites for hydroxylation is 1. The van der Waals surface area contributed by atoms with Gasteiger partial charge in [0, 0.05) is 18.8 Å². The minimum absolute atomic E-state index is 0.285. The lowest BCUT2D eigenvalue weighted by Gasteiger charge is -2.29. The lowest BCUT2D eigenvalue weighted by molar-refractivity contribution is 0.0620. The third-order valence-corrected chi connectivity index (χ3v) is 2.66. The van der Waals surface area contributed by atoms with E-state index in [1.54, 1.807) is 10.9 Å². The fourth-order valence-corrected chi connectivity index (χ4v) is 1.62. The van der Waals surface area contributed by atoms with Gasteiger partial charge in [0.1, 0.15) is 0 Å². The normalized spacial score (nSPS) is 20.5. The van der Waals surface area contributed by atoms with Gasteiger partial charge >= 0.3 is 0 Å². The van der Waals surface area contributed by atoms with Gasteiger partial charge in [-0.2, -0.15) is 5.10 Å². The van der Waals surface area contributed by atoms with E-state index >= 15 is 0 Å². The lowest BCUT2D eigenvalue weighted by Crippen LogP contribution is -2.19. The van der Waals surface area contributed by atoms with Crippen LogP contribution in [0, 0.1) is 5.92 Å². The van der Waals surface area contributed by atoms with Crippen LogP contribution in [0.4, 0.5) is 0 Å². The molecular formula is C9H14N2O. The van der Waals surface area contributed by atoms with E-state index in [1.807, 2.05) is 13.2 Å². The van der Waals surface area contributed by atoms with Crippen LogP contribution in [0.1, 0.15) is 30.9 Å². The molecule has 1 aliphatic rings. The van der Waals surface area contributed by atoms with Crippen LogP contribution < -0.4 is 0 Å². The van der Waals surface area contributed by atoms with Crippen LogP contribution in [0.5, 0.6) is 0 Å². The van der Waals surface area contributed by atoms with Crippen molar-refractivity contribution in [3.63, 3.8) is 0 Å². The Balaban J connectivity index is 2.08. The summed E-state index contributed by atoms with van der Waals surface area (Å²) in [7, 11) is 1.87. The maximum atomic E-state index is 9.80. The Kier molecular flexibility index (Phi) is 1.89. The van der Waals surface area contributed by atoms with E-state index in [1.165, 1.54) is 6.42 Å². The van der Waals surface area contributed by atoms with Crippen molar-refractivity contribution >= 4 is 0 Å². The number of aromatic nitrogens is 2. The summed E-state index contributed by atoms with van der Waals surface area (Å²) in [6.07, 6.45) is 6.95. The highest BCUT2D eigenvalue weighted by molar-refractivity contribution is 5.09. The second-order valence-corrected chi connectivity index (χ2v) is 3.58. The van der Waals surface area contributed by atoms with Gasteiger partial charge < -0.3 is 5.11 Å². The zero-order chi connectivity index (χ0) is 8.55. The minimum Gasteiger partial charge on any atom is -0.388 e. The van der Waals surface area contributed by atoms with Crippen molar-refractivity contribution in [3.8, 4) is 0 Å². The molecule has 1 fully saturated rings. The molecule has 12 heavy (non-hydrogen) atoms. The van der Waals surface area contributed by atoms with E-state index < -0.39 is 0 Å². The zero-order valence-corrected chi connectivity index (χ0v) is 7.27. The number of hydrogen-bond acceptors (Lipinski definition) is 2. The second-order valence-electron chi connectivity index (χ2n) is 3.58. The van der Waals surface area contributed by atoms with Crippen LogP contribution >= 0.6 is 0 Å². The molecule has 0 aliphatic heterocycles. The van der Waals surface area contributed by atoms with Crippen molar-refractivity contribution in [2.45, 2.75) is 25.4 Å². The van der Waals surface area contributed by atoms with Crippen LogP contribution in [0.2, 0.25) is 0 Å². The first kappa shape index (κ1) is 7.80. The summed E-state index contributed by atoms with van der Waals surface area (Å²) in [5.41, 5.74) is 0.960. The molecule has 3 nitrogen and oxygen atoms in total. The Labute approximate surface area is 72.0 Å². The molecule has 0 amide bonds. The summed E-state index contributed by atoms with van der Waals surface area (Å²) < 4.78 is 1.73. The largest absolute Gasteiger partial charge is 0.388 e. The van der Waals surface area contributed by atoms with Gasteiger partial charge in [-0.3, -0.25) is 4.68 Å². The SMILES string of the molecule is Cn1cc(C(O)C2CCC2)cn1. The van der Waals surface area contributed by atoms with Crippen molar-refractivity contribution in [1.29, 1.82) is 0 Å². The van der Waals surface area contributed by atoms with Crippen molar-refractivity contribution in [3.05, 3.63) is 18.0 Å². The predicted octanol–water partition coefficient (Wildman–Crippen LogP) is 1.25. The van der Waals surface area contributed by atoms with Crippen LogP contribution in [0.15, 0.2) is 12.4 Å². The molecule has 0 spiro atoms. The molecule has 1 saturated carbocycles. The van der Waals surface area contributed by atoms with Gasteiger partial charge in [-0.15, -0.1) is 0 Å². The monoisotopic (exact) mass is 166 g/mol. The molecule has 0 radical (unpaired) electrons. The fraction of sp³-hybridized carbons (Fsp3) is 0.667. The Hall–Kier alpha value is -0.830. The summed E-state index contributed by atoms with van der Waals surface area (Å²) in [5.74, 6) is 0.481. The maximum Gasteiger partial charge on any atom is 0.0848 e. The van der Waals surface area contributed by atoms with E-state index in [4.69, 9.17) is 0 Å². The first-order valence-corrected chi connectivity index (χ1v) is 4.44. The summed E-state index contributed by atoms with van der Waals surface area (Å²) in [6.45, 7) is 0. The van der Waals surface area contributed by atoms with Gasteiger partial charge in [0.2, 0.25) is 0 Å². The van der Waals surface area contributed by atoms with E-state index in [-0.39, 0.29) is 6.10 Å². The van der Waals surface area contributed by atoms with Gasteiger partial charge in [0.05, 0.1) is 12.3 Å². The van der Waals surface area contributed by atoms with Gasteiger partial charge in [0.25, 0.3) is 0 Å². The van der Waals surface area contributed by atoms with Gasteiger partial charge in [0.15, 0.2) is 0 Å². The molecule has 1 aromatic rings. The standard InChI is InChI=1S/C9H14N2O/c1-11-6-8(5-10-11)9(12)7-3-2-4-7/h5-7,9,12H,2-4H2,1H3. The van der Waals surface area contributed by atoms with Gasteiger partial charge in [-0.05, 0) is 18.8 Å². The summed E-state index contributed by atoms with van der Waals surface area (Å²) >= 11 is 0. The molecule has 1 heterocycles. The first-order valence-electron chi connectivity index (χ1n) is 4.44. The number of nitrogens with zero attached hydrogens (tertiary/aromatic N) is 2. The zero-order valence-electron chi connectivity index (χ0n) is 7.27. The van der Waals surface area contributed by atoms with Crippen LogP contribution in [0.3, 0.4) is 0 Å². The average Bonchev–Trinajstić information content (AvgIpc) is 2.31. The number of aliphatic hydroxyl groups is 1. The molecule has 3 heteroatoms. The molecule has 1 atom stereocenters. The average molecular weight is 166 g/mol. The van der Waals surface area contributed by atoms with Gasteiger partial charge in [-0.25, -0.2) is 0 Å². The quantitative estimate of drug-likeness (QED) is 0.718. The highest BCUT2D eigenvalue weighted by Gasteiger charge is 2.27. The summed E-state index contributed by atoms with van der Waals surface area (Å²) in [4.78, 5) is 0. The van der Waals surface area contributed by atoms with Crippen LogP contribution in [0.25, 0.3) is 0 Å². The molecule has 1 aromatic heterocycles. The number of rotatable bonds is 2. The van der Waals surface area contributed by atoms with Crippen molar-refractivity contribution in [2.24, 2.45) is 13.0 Å². The Morgan fingerprint density at radius 1 is 1.67 bits per heavy atom. The third kappa shape index (κ3) is 1.25. The molecule has 0 bridgehead atoms. The Morgan fingerprint density at radius 3 is 2.83 bits per heavy atom. The highest BCUT2D eigenvalue weighted by Crippen LogP contribution is 2.37. The molecule has 1 unspecified atom stereocenters. The molecule has 1 N–H and O–H groups in total. The highest BCUT2D eigenvalue weighted by atomic mass is 16.3. The molecule has 66 valence electrons. The summed E-state index contributed by atoms with van der Waals surface area (Å²) in [5, 5.41) is 13.8. The molecular weight excluding hydrogens is 152 g/mol. The smallest absolute Gasteiger partial charge is 0.0848 e.